The molecule has 2 aromatic carbocycles. The molecule has 0 bridgehead atoms. The number of benzene rings is 2. The number of halogens is 1. The standard InChI is InChI=1S/C15H8ClN3O5/c16-10-6-2-1-4-8(10)13(20)17-18-14(21)9-5-3-7-11(19(23)24)12(9)15(18)22/h1-7H,(H,17,20). The van der Waals surface area contributed by atoms with Crippen molar-refractivity contribution in [1.29, 1.82) is 0 Å². The van der Waals surface area contributed by atoms with E-state index in [1.165, 1.54) is 24.3 Å². The Kier molecular flexibility index (Phi) is 3.74. The average Bonchev–Trinajstić information content (AvgIpc) is 2.80. The van der Waals surface area contributed by atoms with Crippen LogP contribution >= 0.6 is 11.6 Å². The smallest absolute Gasteiger partial charge is 0.267 e. The molecule has 0 aliphatic carbocycles. The summed E-state index contributed by atoms with van der Waals surface area (Å²) in [5.41, 5.74) is 1.20. The van der Waals surface area contributed by atoms with Gasteiger partial charge in [0.15, 0.2) is 0 Å². The van der Waals surface area contributed by atoms with Gasteiger partial charge in [0.2, 0.25) is 0 Å². The number of hydrazine groups is 1. The minimum atomic E-state index is -0.970. The summed E-state index contributed by atoms with van der Waals surface area (Å²) in [5, 5.41) is 11.6. The van der Waals surface area contributed by atoms with Crippen molar-refractivity contribution >= 4 is 35.0 Å². The first-order valence-corrected chi connectivity index (χ1v) is 7.01. The highest BCUT2D eigenvalue weighted by Crippen LogP contribution is 2.30. The van der Waals surface area contributed by atoms with Gasteiger partial charge in [0, 0.05) is 6.07 Å². The van der Waals surface area contributed by atoms with E-state index in [9.17, 15) is 24.5 Å². The maximum Gasteiger partial charge on any atom is 0.287 e. The van der Waals surface area contributed by atoms with Gasteiger partial charge in [-0.3, -0.25) is 29.9 Å². The van der Waals surface area contributed by atoms with Crippen molar-refractivity contribution in [3.05, 3.63) is 74.3 Å². The Balaban J connectivity index is 1.95. The first kappa shape index (κ1) is 15.6. The van der Waals surface area contributed by atoms with Gasteiger partial charge < -0.3 is 0 Å². The first-order chi connectivity index (χ1) is 11.4. The molecule has 9 heteroatoms. The Hall–Kier alpha value is -3.26. The van der Waals surface area contributed by atoms with Gasteiger partial charge >= 0.3 is 0 Å². The summed E-state index contributed by atoms with van der Waals surface area (Å²) < 4.78 is 0. The largest absolute Gasteiger partial charge is 0.287 e. The van der Waals surface area contributed by atoms with Crippen LogP contribution in [0.25, 0.3) is 0 Å². The summed E-state index contributed by atoms with van der Waals surface area (Å²) in [6, 6.07) is 9.76. The number of nitro groups is 1. The minimum Gasteiger partial charge on any atom is -0.267 e. The molecule has 0 fully saturated rings. The maximum atomic E-state index is 12.3. The molecule has 0 radical (unpaired) electrons. The molecule has 3 amide bonds. The molecule has 0 atom stereocenters. The number of hydrogen-bond acceptors (Lipinski definition) is 5. The van der Waals surface area contributed by atoms with E-state index in [1.54, 1.807) is 12.1 Å². The summed E-state index contributed by atoms with van der Waals surface area (Å²) in [6.45, 7) is 0. The lowest BCUT2D eigenvalue weighted by atomic mass is 10.1. The van der Waals surface area contributed by atoms with E-state index >= 15 is 0 Å². The van der Waals surface area contributed by atoms with Gasteiger partial charge in [-0.1, -0.05) is 29.8 Å². The first-order valence-electron chi connectivity index (χ1n) is 6.63. The highest BCUT2D eigenvalue weighted by molar-refractivity contribution is 6.34. The van der Waals surface area contributed by atoms with Crippen LogP contribution in [0.1, 0.15) is 31.1 Å². The zero-order chi connectivity index (χ0) is 17.4. The summed E-state index contributed by atoms with van der Waals surface area (Å²) in [7, 11) is 0. The predicted octanol–water partition coefficient (Wildman–Crippen LogP) is 2.19. The Labute approximate surface area is 139 Å². The molecule has 0 saturated heterocycles. The van der Waals surface area contributed by atoms with Gasteiger partial charge in [0.05, 0.1) is 21.1 Å². The number of carbonyl (C=O) groups excluding carboxylic acids is 3. The monoisotopic (exact) mass is 345 g/mol. The number of nitrogens with one attached hydrogen (secondary N) is 1. The lowest BCUT2D eigenvalue weighted by Crippen LogP contribution is -2.46. The molecule has 1 N–H and O–H groups in total. The molecule has 1 heterocycles. The zero-order valence-corrected chi connectivity index (χ0v) is 12.6. The molecule has 120 valence electrons. The quantitative estimate of drug-likeness (QED) is 0.521. The summed E-state index contributed by atoms with van der Waals surface area (Å²) in [6.07, 6.45) is 0. The Morgan fingerprint density at radius 1 is 1.08 bits per heavy atom. The van der Waals surface area contributed by atoms with E-state index in [-0.39, 0.29) is 21.7 Å². The lowest BCUT2D eigenvalue weighted by Gasteiger charge is -2.15. The van der Waals surface area contributed by atoms with Crippen LogP contribution < -0.4 is 5.43 Å². The van der Waals surface area contributed by atoms with E-state index in [2.05, 4.69) is 5.43 Å². The second-order valence-corrected chi connectivity index (χ2v) is 5.23. The fourth-order valence-electron chi connectivity index (χ4n) is 2.33. The molecular formula is C15H8ClN3O5. The van der Waals surface area contributed by atoms with Gasteiger partial charge in [0.1, 0.15) is 5.56 Å². The Morgan fingerprint density at radius 3 is 2.46 bits per heavy atom. The van der Waals surface area contributed by atoms with Gasteiger partial charge in [-0.25, -0.2) is 0 Å². The third-order valence-electron chi connectivity index (χ3n) is 3.42. The average molecular weight is 346 g/mol. The second kappa shape index (κ2) is 5.74. The topological polar surface area (TPSA) is 110 Å². The molecule has 0 unspecified atom stereocenters. The van der Waals surface area contributed by atoms with Crippen LogP contribution in [0.15, 0.2) is 42.5 Å². The highest BCUT2D eigenvalue weighted by Gasteiger charge is 2.42. The molecule has 3 rings (SSSR count). The fourth-order valence-corrected chi connectivity index (χ4v) is 2.55. The zero-order valence-electron chi connectivity index (χ0n) is 11.9. The van der Waals surface area contributed by atoms with Crippen LogP contribution in [0.4, 0.5) is 5.69 Å². The van der Waals surface area contributed by atoms with Crippen LogP contribution in [0.2, 0.25) is 5.02 Å². The highest BCUT2D eigenvalue weighted by atomic mass is 35.5. The van der Waals surface area contributed by atoms with Gasteiger partial charge in [-0.05, 0) is 18.2 Å². The van der Waals surface area contributed by atoms with Crippen molar-refractivity contribution < 1.29 is 19.3 Å². The fraction of sp³-hybridized carbons (Fsp3) is 0. The number of imide groups is 1. The van der Waals surface area contributed by atoms with Crippen LogP contribution in [-0.4, -0.2) is 27.7 Å². The van der Waals surface area contributed by atoms with Gasteiger partial charge in [0.25, 0.3) is 23.4 Å². The number of nitro benzene ring substituents is 1. The Bertz CT molecular complexity index is 912. The number of fused-ring (bicyclic) bond motifs is 1. The van der Waals surface area contributed by atoms with Crippen LogP contribution in [0.5, 0.6) is 0 Å². The summed E-state index contributed by atoms with van der Waals surface area (Å²) in [4.78, 5) is 47.1. The SMILES string of the molecule is O=C(NN1C(=O)c2cccc([N+](=O)[O-])c2C1=O)c1ccccc1Cl. The minimum absolute atomic E-state index is 0.0604. The van der Waals surface area contributed by atoms with Crippen LogP contribution in [-0.2, 0) is 0 Å². The van der Waals surface area contributed by atoms with Crippen LogP contribution in [0.3, 0.4) is 0 Å². The van der Waals surface area contributed by atoms with E-state index in [4.69, 9.17) is 11.6 Å². The summed E-state index contributed by atoms with van der Waals surface area (Å²) in [5.74, 6) is -2.60. The molecule has 8 nitrogen and oxygen atoms in total. The van der Waals surface area contributed by atoms with Crippen molar-refractivity contribution in [1.82, 2.24) is 10.4 Å². The van der Waals surface area contributed by atoms with Crippen molar-refractivity contribution in [2.24, 2.45) is 0 Å². The molecule has 1 aliphatic rings. The Morgan fingerprint density at radius 2 is 1.79 bits per heavy atom. The van der Waals surface area contributed by atoms with Crippen molar-refractivity contribution in [2.45, 2.75) is 0 Å². The van der Waals surface area contributed by atoms with Gasteiger partial charge in [-0.2, -0.15) is 5.01 Å². The maximum absolute atomic E-state index is 12.3. The third-order valence-corrected chi connectivity index (χ3v) is 3.75. The molecule has 0 saturated carbocycles. The third kappa shape index (κ3) is 2.38. The molecule has 24 heavy (non-hydrogen) atoms. The molecule has 2 aromatic rings. The van der Waals surface area contributed by atoms with E-state index in [0.29, 0.717) is 5.01 Å². The van der Waals surface area contributed by atoms with Crippen molar-refractivity contribution in [3.63, 3.8) is 0 Å². The molecule has 0 aromatic heterocycles. The molecular weight excluding hydrogens is 338 g/mol. The number of rotatable bonds is 3. The number of amides is 3. The van der Waals surface area contributed by atoms with Crippen molar-refractivity contribution in [3.8, 4) is 0 Å². The van der Waals surface area contributed by atoms with Crippen molar-refractivity contribution in [2.75, 3.05) is 0 Å². The van der Waals surface area contributed by atoms with E-state index in [0.717, 1.165) is 6.07 Å². The van der Waals surface area contributed by atoms with E-state index in [1.807, 2.05) is 0 Å². The van der Waals surface area contributed by atoms with Gasteiger partial charge in [-0.15, -0.1) is 0 Å². The number of carbonyl (C=O) groups is 3. The number of nitrogens with zero attached hydrogens (tertiary/aromatic N) is 2. The second-order valence-electron chi connectivity index (χ2n) is 4.82. The lowest BCUT2D eigenvalue weighted by molar-refractivity contribution is -0.385. The molecule has 1 aliphatic heterocycles. The predicted molar refractivity (Wildman–Crippen MR) is 82.5 cm³/mol. The molecule has 0 spiro atoms. The normalized spacial score (nSPS) is 13.0. The summed E-state index contributed by atoms with van der Waals surface area (Å²) >= 11 is 5.89. The van der Waals surface area contributed by atoms with E-state index < -0.39 is 28.3 Å². The van der Waals surface area contributed by atoms with Crippen LogP contribution in [0, 0.1) is 10.1 Å². The number of hydrogen-bond donors (Lipinski definition) is 1.